The monoisotopic (exact) mass is 129 g/mol. The molecule has 0 aliphatic rings. The Morgan fingerprint density at radius 2 is 2.11 bits per heavy atom. The van der Waals surface area contributed by atoms with Crippen molar-refractivity contribution >= 4 is 0 Å². The lowest BCUT2D eigenvalue weighted by Gasteiger charge is -1.89. The maximum atomic E-state index is 12.2. The third-order valence-corrected chi connectivity index (χ3v) is 0.824. The summed E-state index contributed by atoms with van der Waals surface area (Å²) in [4.78, 5) is 5.95. The van der Waals surface area contributed by atoms with E-state index in [1.165, 1.54) is 6.92 Å². The molecule has 0 bridgehead atoms. The predicted molar refractivity (Wildman–Crippen MR) is 25.5 cm³/mol. The fraction of sp³-hybridized carbons (Fsp3) is 0.200. The van der Waals surface area contributed by atoms with Gasteiger partial charge in [0.05, 0.1) is 5.69 Å². The zero-order valence-electron chi connectivity index (χ0n) is 4.65. The van der Waals surface area contributed by atoms with Gasteiger partial charge in [-0.2, -0.15) is 9.37 Å². The van der Waals surface area contributed by atoms with Crippen molar-refractivity contribution in [2.75, 3.05) is 0 Å². The molecule has 1 rings (SSSR count). The number of halogens is 2. The summed E-state index contributed by atoms with van der Waals surface area (Å²) in [6.07, 6.45) is 0.864. The molecule has 0 atom stereocenters. The van der Waals surface area contributed by atoms with E-state index in [1.807, 2.05) is 6.20 Å². The van der Waals surface area contributed by atoms with Gasteiger partial charge in [-0.15, -0.1) is 0 Å². The van der Waals surface area contributed by atoms with E-state index in [0.717, 1.165) is 0 Å². The first-order valence-corrected chi connectivity index (χ1v) is 2.27. The fourth-order valence-corrected chi connectivity index (χ4v) is 0.389. The summed E-state index contributed by atoms with van der Waals surface area (Å²) in [5.41, 5.74) is -0.0255. The van der Waals surface area contributed by atoms with E-state index in [4.69, 9.17) is 0 Å². The van der Waals surface area contributed by atoms with Crippen LogP contribution in [0.1, 0.15) is 5.69 Å². The van der Waals surface area contributed by atoms with Gasteiger partial charge in [0, 0.05) is 0 Å². The van der Waals surface area contributed by atoms with Crippen LogP contribution < -0.4 is 0 Å². The van der Waals surface area contributed by atoms with Crippen molar-refractivity contribution in [1.82, 2.24) is 9.97 Å². The highest BCUT2D eigenvalue weighted by molar-refractivity contribution is 4.96. The van der Waals surface area contributed by atoms with E-state index >= 15 is 0 Å². The molecule has 0 amide bonds. The summed E-state index contributed by atoms with van der Waals surface area (Å²) in [6, 6.07) is 0. The molecule has 0 saturated heterocycles. The molecule has 2 nitrogen and oxygen atoms in total. The summed E-state index contributed by atoms with van der Waals surface area (Å²) in [5, 5.41) is 0. The summed E-state index contributed by atoms with van der Waals surface area (Å²) >= 11 is 0. The fourth-order valence-electron chi connectivity index (χ4n) is 0.389. The Bertz CT molecular complexity index is 224. The predicted octanol–water partition coefficient (Wildman–Crippen LogP) is 0.863. The Morgan fingerprint density at radius 1 is 1.44 bits per heavy atom. The molecule has 9 heavy (non-hydrogen) atoms. The third kappa shape index (κ3) is 1.19. The summed E-state index contributed by atoms with van der Waals surface area (Å²) in [5.74, 6) is -0.712. The number of aryl methyl sites for hydroxylation is 1. The highest BCUT2D eigenvalue weighted by atomic mass is 19.1. The van der Waals surface area contributed by atoms with Crippen molar-refractivity contribution in [2.24, 2.45) is 0 Å². The highest BCUT2D eigenvalue weighted by Crippen LogP contribution is 1.97. The minimum absolute atomic E-state index is 0.0255. The summed E-state index contributed by atoms with van der Waals surface area (Å²) < 4.78 is 24.1. The molecule has 0 N–H and O–H groups in total. The SMILES string of the molecule is Cc1nc(F)n[c]c1F. The average Bonchev–Trinajstić information content (AvgIpc) is 1.80. The number of nitrogens with zero attached hydrogens (tertiary/aromatic N) is 2. The Kier molecular flexibility index (Phi) is 1.38. The van der Waals surface area contributed by atoms with Crippen LogP contribution in [0, 0.1) is 25.0 Å². The molecule has 0 aliphatic carbocycles. The number of hydrogen-bond donors (Lipinski definition) is 0. The molecule has 1 radical (unpaired) electrons. The van der Waals surface area contributed by atoms with Crippen molar-refractivity contribution in [2.45, 2.75) is 6.92 Å². The van der Waals surface area contributed by atoms with Gasteiger partial charge in [0.15, 0.2) is 5.82 Å². The largest absolute Gasteiger partial charge is 0.309 e. The van der Waals surface area contributed by atoms with E-state index in [2.05, 4.69) is 9.97 Å². The van der Waals surface area contributed by atoms with E-state index < -0.39 is 11.9 Å². The molecule has 1 aromatic rings. The molecule has 0 saturated carbocycles. The van der Waals surface area contributed by atoms with Gasteiger partial charge in [0.2, 0.25) is 0 Å². The standard InChI is InChI=1S/C5H3F2N2/c1-3-4(6)2-8-5(7)9-3/h1H3. The van der Waals surface area contributed by atoms with Gasteiger partial charge in [0.25, 0.3) is 0 Å². The maximum Gasteiger partial charge on any atom is 0.309 e. The van der Waals surface area contributed by atoms with Crippen molar-refractivity contribution in [3.8, 4) is 0 Å². The topological polar surface area (TPSA) is 25.8 Å². The Morgan fingerprint density at radius 3 is 2.56 bits per heavy atom. The van der Waals surface area contributed by atoms with Crippen LogP contribution in [0.2, 0.25) is 0 Å². The number of aromatic nitrogens is 2. The van der Waals surface area contributed by atoms with Crippen molar-refractivity contribution in [3.63, 3.8) is 0 Å². The van der Waals surface area contributed by atoms with Crippen molar-refractivity contribution < 1.29 is 8.78 Å². The van der Waals surface area contributed by atoms with Crippen LogP contribution in [0.4, 0.5) is 8.78 Å². The van der Waals surface area contributed by atoms with Gasteiger partial charge in [-0.3, -0.25) is 0 Å². The van der Waals surface area contributed by atoms with E-state index in [1.54, 1.807) is 0 Å². The highest BCUT2D eigenvalue weighted by Gasteiger charge is 1.99. The van der Waals surface area contributed by atoms with Crippen molar-refractivity contribution in [1.29, 1.82) is 0 Å². The van der Waals surface area contributed by atoms with Crippen LogP contribution in [-0.2, 0) is 0 Å². The second-order valence-electron chi connectivity index (χ2n) is 1.50. The van der Waals surface area contributed by atoms with E-state index in [0.29, 0.717) is 0 Å². The van der Waals surface area contributed by atoms with Gasteiger partial charge in [-0.05, 0) is 6.92 Å². The first-order valence-electron chi connectivity index (χ1n) is 2.27. The quantitative estimate of drug-likeness (QED) is 0.485. The van der Waals surface area contributed by atoms with Crippen LogP contribution >= 0.6 is 0 Å². The lowest BCUT2D eigenvalue weighted by molar-refractivity contribution is 0.505. The second-order valence-corrected chi connectivity index (χ2v) is 1.50. The Hall–Kier alpha value is -1.06. The molecule has 47 valence electrons. The smallest absolute Gasteiger partial charge is 0.204 e. The van der Waals surface area contributed by atoms with Gasteiger partial charge in [0.1, 0.15) is 6.20 Å². The molecule has 0 spiro atoms. The van der Waals surface area contributed by atoms with Gasteiger partial charge in [-0.25, -0.2) is 9.37 Å². The summed E-state index contributed by atoms with van der Waals surface area (Å²) in [6.45, 7) is 1.34. The third-order valence-electron chi connectivity index (χ3n) is 0.824. The molecule has 0 fully saturated rings. The van der Waals surface area contributed by atoms with Crippen LogP contribution in [-0.4, -0.2) is 9.97 Å². The van der Waals surface area contributed by atoms with Crippen LogP contribution in [0.5, 0.6) is 0 Å². The minimum Gasteiger partial charge on any atom is -0.204 e. The normalized spacial score (nSPS) is 9.67. The van der Waals surface area contributed by atoms with Crippen LogP contribution in [0.3, 0.4) is 0 Å². The minimum atomic E-state index is -0.950. The molecule has 0 unspecified atom stereocenters. The van der Waals surface area contributed by atoms with Crippen LogP contribution in [0.15, 0.2) is 0 Å². The van der Waals surface area contributed by atoms with E-state index in [-0.39, 0.29) is 5.69 Å². The van der Waals surface area contributed by atoms with Crippen molar-refractivity contribution in [3.05, 3.63) is 23.8 Å². The molecular weight excluding hydrogens is 126 g/mol. The first kappa shape index (κ1) is 6.07. The molecule has 0 aromatic carbocycles. The number of rotatable bonds is 0. The van der Waals surface area contributed by atoms with E-state index in [9.17, 15) is 8.78 Å². The molecule has 1 heterocycles. The molecular formula is C5H3F2N2. The second kappa shape index (κ2) is 2.05. The lowest BCUT2D eigenvalue weighted by Crippen LogP contribution is -1.94. The zero-order chi connectivity index (χ0) is 6.85. The molecule has 4 heteroatoms. The lowest BCUT2D eigenvalue weighted by atomic mass is 10.4. The zero-order valence-corrected chi connectivity index (χ0v) is 4.65. The summed E-state index contributed by atoms with van der Waals surface area (Å²) in [7, 11) is 0. The Balaban J connectivity index is 3.17. The van der Waals surface area contributed by atoms with Crippen LogP contribution in [0.25, 0.3) is 0 Å². The number of hydrogen-bond acceptors (Lipinski definition) is 2. The molecule has 1 aromatic heterocycles. The van der Waals surface area contributed by atoms with Gasteiger partial charge < -0.3 is 0 Å². The van der Waals surface area contributed by atoms with Gasteiger partial charge in [-0.1, -0.05) is 0 Å². The molecule has 0 aliphatic heterocycles. The average molecular weight is 129 g/mol. The first-order chi connectivity index (χ1) is 4.20. The Labute approximate surface area is 50.6 Å². The van der Waals surface area contributed by atoms with Gasteiger partial charge >= 0.3 is 6.08 Å². The maximum absolute atomic E-state index is 12.2.